The van der Waals surface area contributed by atoms with E-state index in [1.807, 2.05) is 26.0 Å². The van der Waals surface area contributed by atoms with Crippen LogP contribution in [0, 0.1) is 6.92 Å². The number of hydrogen-bond donors (Lipinski definition) is 2. The van der Waals surface area contributed by atoms with E-state index in [4.69, 9.17) is 14.9 Å². The summed E-state index contributed by atoms with van der Waals surface area (Å²) >= 11 is 0. The zero-order valence-corrected chi connectivity index (χ0v) is 11.6. The van der Waals surface area contributed by atoms with Crippen LogP contribution in [0.25, 0.3) is 0 Å². The Kier molecular flexibility index (Phi) is 4.30. The minimum absolute atomic E-state index is 0.241. The van der Waals surface area contributed by atoms with E-state index in [1.165, 1.54) is 0 Å². The molecule has 1 aromatic heterocycles. The summed E-state index contributed by atoms with van der Waals surface area (Å²) in [7, 11) is 0. The molecule has 1 heterocycles. The molecule has 0 fully saturated rings. The highest BCUT2D eigenvalue weighted by atomic mass is 16.5. The monoisotopic (exact) mass is 274 g/mol. The number of nitrogen functional groups attached to an aromatic ring is 1. The topological polar surface area (TPSA) is 77.5 Å². The summed E-state index contributed by atoms with van der Waals surface area (Å²) < 4.78 is 10.8. The first kappa shape index (κ1) is 14.0. The maximum atomic E-state index is 12.2. The average molecular weight is 274 g/mol. The predicted octanol–water partition coefficient (Wildman–Crippen LogP) is 2.50. The van der Waals surface area contributed by atoms with Gasteiger partial charge in [-0.3, -0.25) is 4.79 Å². The van der Waals surface area contributed by atoms with Crippen molar-refractivity contribution in [3.8, 4) is 5.75 Å². The Balaban J connectivity index is 2.10. The van der Waals surface area contributed by atoms with Crippen molar-refractivity contribution >= 4 is 11.6 Å². The van der Waals surface area contributed by atoms with Crippen LogP contribution >= 0.6 is 0 Å². The normalized spacial score (nSPS) is 10.3. The van der Waals surface area contributed by atoms with E-state index in [2.05, 4.69) is 5.32 Å². The van der Waals surface area contributed by atoms with Crippen molar-refractivity contribution in [3.05, 3.63) is 47.4 Å². The lowest BCUT2D eigenvalue weighted by atomic mass is 10.1. The van der Waals surface area contributed by atoms with Gasteiger partial charge in [0.05, 0.1) is 24.4 Å². The maximum absolute atomic E-state index is 12.2. The van der Waals surface area contributed by atoms with Crippen LogP contribution in [-0.2, 0) is 6.54 Å². The van der Waals surface area contributed by atoms with Crippen molar-refractivity contribution in [1.82, 2.24) is 5.32 Å². The molecular formula is C15H18N2O3. The van der Waals surface area contributed by atoms with Crippen LogP contribution in [0.15, 0.2) is 34.7 Å². The third kappa shape index (κ3) is 3.12. The molecule has 2 rings (SSSR count). The van der Waals surface area contributed by atoms with E-state index >= 15 is 0 Å². The minimum atomic E-state index is -0.241. The van der Waals surface area contributed by atoms with Gasteiger partial charge in [-0.15, -0.1) is 0 Å². The summed E-state index contributed by atoms with van der Waals surface area (Å²) in [5.41, 5.74) is 6.71. The third-order valence-electron chi connectivity index (χ3n) is 2.80. The molecule has 5 nitrogen and oxygen atoms in total. The number of nitrogens with two attached hydrogens (primary N) is 1. The van der Waals surface area contributed by atoms with E-state index in [0.29, 0.717) is 35.9 Å². The second-order valence-corrected chi connectivity index (χ2v) is 4.35. The highest BCUT2D eigenvalue weighted by molar-refractivity contribution is 5.98. The molecule has 1 amide bonds. The number of anilines is 1. The number of hydrogen-bond acceptors (Lipinski definition) is 4. The van der Waals surface area contributed by atoms with Gasteiger partial charge in [0, 0.05) is 0 Å². The molecule has 3 N–H and O–H groups in total. The molecule has 0 saturated carbocycles. The molecule has 0 aliphatic rings. The van der Waals surface area contributed by atoms with Gasteiger partial charge in [-0.25, -0.2) is 0 Å². The van der Waals surface area contributed by atoms with Gasteiger partial charge < -0.3 is 20.2 Å². The largest absolute Gasteiger partial charge is 0.491 e. The Morgan fingerprint density at radius 3 is 2.80 bits per heavy atom. The Labute approximate surface area is 117 Å². The number of carbonyl (C=O) groups is 1. The fraction of sp³-hybridized carbons (Fsp3) is 0.267. The fourth-order valence-corrected chi connectivity index (χ4v) is 1.88. The minimum Gasteiger partial charge on any atom is -0.491 e. The van der Waals surface area contributed by atoms with Crippen LogP contribution < -0.4 is 15.8 Å². The molecule has 0 atom stereocenters. The molecular weight excluding hydrogens is 256 g/mol. The van der Waals surface area contributed by atoms with Crippen LogP contribution in [0.2, 0.25) is 0 Å². The van der Waals surface area contributed by atoms with Crippen molar-refractivity contribution in [2.75, 3.05) is 12.3 Å². The van der Waals surface area contributed by atoms with Crippen LogP contribution in [0.4, 0.5) is 5.69 Å². The number of benzene rings is 1. The number of furan rings is 1. The molecule has 0 saturated heterocycles. The predicted molar refractivity (Wildman–Crippen MR) is 76.6 cm³/mol. The number of ether oxygens (including phenoxy) is 1. The van der Waals surface area contributed by atoms with Gasteiger partial charge in [-0.2, -0.15) is 0 Å². The maximum Gasteiger partial charge on any atom is 0.255 e. The fourth-order valence-electron chi connectivity index (χ4n) is 1.88. The lowest BCUT2D eigenvalue weighted by molar-refractivity contribution is 0.0944. The molecule has 0 spiro atoms. The van der Waals surface area contributed by atoms with Crippen LogP contribution in [0.5, 0.6) is 5.75 Å². The zero-order chi connectivity index (χ0) is 14.5. The quantitative estimate of drug-likeness (QED) is 0.821. The highest BCUT2D eigenvalue weighted by Crippen LogP contribution is 2.26. The van der Waals surface area contributed by atoms with Gasteiger partial charge in [0.25, 0.3) is 5.91 Å². The molecule has 0 aliphatic carbocycles. The Morgan fingerprint density at radius 1 is 1.35 bits per heavy atom. The molecule has 106 valence electrons. The molecule has 20 heavy (non-hydrogen) atoms. The number of para-hydroxylation sites is 1. The van der Waals surface area contributed by atoms with Gasteiger partial charge in [-0.1, -0.05) is 6.07 Å². The molecule has 0 bridgehead atoms. The summed E-state index contributed by atoms with van der Waals surface area (Å²) in [5, 5.41) is 2.79. The van der Waals surface area contributed by atoms with Gasteiger partial charge in [0.15, 0.2) is 5.75 Å². The van der Waals surface area contributed by atoms with Gasteiger partial charge in [0.2, 0.25) is 0 Å². The first-order valence-corrected chi connectivity index (χ1v) is 6.46. The zero-order valence-electron chi connectivity index (χ0n) is 11.6. The van der Waals surface area contributed by atoms with Crippen molar-refractivity contribution in [1.29, 1.82) is 0 Å². The highest BCUT2D eigenvalue weighted by Gasteiger charge is 2.15. The van der Waals surface area contributed by atoms with Crippen LogP contribution in [0.1, 0.15) is 28.8 Å². The van der Waals surface area contributed by atoms with E-state index in [9.17, 15) is 4.79 Å². The standard InChI is InChI=1S/C15H18N2O3/c1-3-19-14-12(5-4-6-13(14)16)15(18)17-9-11-8-7-10(2)20-11/h4-8H,3,9,16H2,1-2H3,(H,17,18). The van der Waals surface area contributed by atoms with Crippen molar-refractivity contribution < 1.29 is 13.9 Å². The second kappa shape index (κ2) is 6.14. The van der Waals surface area contributed by atoms with Crippen molar-refractivity contribution in [2.24, 2.45) is 0 Å². The summed E-state index contributed by atoms with van der Waals surface area (Å²) in [6.07, 6.45) is 0. The Morgan fingerprint density at radius 2 is 2.15 bits per heavy atom. The van der Waals surface area contributed by atoms with Gasteiger partial charge in [0.1, 0.15) is 11.5 Å². The Bertz CT molecular complexity index is 605. The van der Waals surface area contributed by atoms with E-state index < -0.39 is 0 Å². The SMILES string of the molecule is CCOc1c(N)cccc1C(=O)NCc1ccc(C)o1. The molecule has 0 radical (unpaired) electrons. The van der Waals surface area contributed by atoms with Crippen LogP contribution in [-0.4, -0.2) is 12.5 Å². The van der Waals surface area contributed by atoms with Crippen molar-refractivity contribution in [2.45, 2.75) is 20.4 Å². The number of amides is 1. The summed E-state index contributed by atoms with van der Waals surface area (Å²) in [4.78, 5) is 12.2. The summed E-state index contributed by atoms with van der Waals surface area (Å²) in [5.74, 6) is 1.70. The lowest BCUT2D eigenvalue weighted by Gasteiger charge is -2.12. The van der Waals surface area contributed by atoms with E-state index in [-0.39, 0.29) is 5.91 Å². The average Bonchev–Trinajstić information content (AvgIpc) is 2.84. The molecule has 0 aliphatic heterocycles. The molecule has 5 heteroatoms. The second-order valence-electron chi connectivity index (χ2n) is 4.35. The molecule has 0 unspecified atom stereocenters. The van der Waals surface area contributed by atoms with Crippen LogP contribution in [0.3, 0.4) is 0 Å². The number of nitrogens with one attached hydrogen (secondary N) is 1. The van der Waals surface area contributed by atoms with E-state index in [1.54, 1.807) is 18.2 Å². The third-order valence-corrected chi connectivity index (χ3v) is 2.80. The Hall–Kier alpha value is -2.43. The smallest absolute Gasteiger partial charge is 0.255 e. The lowest BCUT2D eigenvalue weighted by Crippen LogP contribution is -2.23. The molecule has 2 aromatic rings. The first-order valence-electron chi connectivity index (χ1n) is 6.46. The van der Waals surface area contributed by atoms with Gasteiger partial charge >= 0.3 is 0 Å². The van der Waals surface area contributed by atoms with Crippen molar-refractivity contribution in [3.63, 3.8) is 0 Å². The number of carbonyl (C=O) groups excluding carboxylic acids is 1. The van der Waals surface area contributed by atoms with Gasteiger partial charge in [-0.05, 0) is 38.1 Å². The number of aryl methyl sites for hydroxylation is 1. The van der Waals surface area contributed by atoms with E-state index in [0.717, 1.165) is 5.76 Å². The number of rotatable bonds is 5. The first-order chi connectivity index (χ1) is 9.61. The molecule has 1 aromatic carbocycles. The summed E-state index contributed by atoms with van der Waals surface area (Å²) in [6.45, 7) is 4.48. The summed E-state index contributed by atoms with van der Waals surface area (Å²) in [6, 6.07) is 8.80.